The van der Waals surface area contributed by atoms with Gasteiger partial charge in [0.15, 0.2) is 0 Å². The molecule has 1 aromatic heterocycles. The Morgan fingerprint density at radius 2 is 1.83 bits per heavy atom. The smallest absolute Gasteiger partial charge is 0.295 e. The van der Waals surface area contributed by atoms with Crippen molar-refractivity contribution in [3.05, 3.63) is 101 Å². The molecule has 6 nitrogen and oxygen atoms in total. The van der Waals surface area contributed by atoms with E-state index >= 15 is 0 Å². The number of carbonyl (C=O) groups is 2. The van der Waals surface area contributed by atoms with Gasteiger partial charge in [-0.2, -0.15) is 0 Å². The number of ether oxygens (including phenoxy) is 1. The van der Waals surface area contributed by atoms with Gasteiger partial charge in [0.1, 0.15) is 17.3 Å². The van der Waals surface area contributed by atoms with E-state index < -0.39 is 23.5 Å². The summed E-state index contributed by atoms with van der Waals surface area (Å²) in [6.07, 6.45) is 3.16. The van der Waals surface area contributed by atoms with E-state index in [1.165, 1.54) is 23.1 Å². The van der Waals surface area contributed by atoms with Crippen molar-refractivity contribution in [1.29, 1.82) is 0 Å². The SMILES string of the molecule is Cc1cc(/C(O)=C2\C(=O)C(=O)N(Cc3ccncc3)C2c2ccccc2F)ccc1OCC(C)C. The minimum absolute atomic E-state index is 0.0594. The maximum atomic E-state index is 14.9. The number of benzene rings is 2. The first kappa shape index (κ1) is 24.1. The largest absolute Gasteiger partial charge is 0.507 e. The average molecular weight is 475 g/mol. The molecule has 7 heteroatoms. The number of nitrogens with zero attached hydrogens (tertiary/aromatic N) is 2. The molecule has 35 heavy (non-hydrogen) atoms. The van der Waals surface area contributed by atoms with Gasteiger partial charge >= 0.3 is 0 Å². The van der Waals surface area contributed by atoms with Gasteiger partial charge in [-0.1, -0.05) is 32.0 Å². The number of hydrogen-bond acceptors (Lipinski definition) is 5. The number of Topliss-reactive ketones (excluding diaryl/α,β-unsaturated/α-hetero) is 1. The highest BCUT2D eigenvalue weighted by Gasteiger charge is 2.47. The summed E-state index contributed by atoms with van der Waals surface area (Å²) in [6, 6.07) is 13.4. The van der Waals surface area contributed by atoms with Gasteiger partial charge in [-0.05, 0) is 60.4 Å². The molecule has 2 heterocycles. The Labute approximate surface area is 203 Å². The van der Waals surface area contributed by atoms with Gasteiger partial charge in [0.25, 0.3) is 11.7 Å². The zero-order chi connectivity index (χ0) is 25.1. The number of hydrogen-bond donors (Lipinski definition) is 1. The van der Waals surface area contributed by atoms with Gasteiger partial charge in [-0.3, -0.25) is 14.6 Å². The Balaban J connectivity index is 1.81. The van der Waals surface area contributed by atoms with E-state index in [1.807, 2.05) is 20.8 Å². The lowest BCUT2D eigenvalue weighted by Gasteiger charge is -2.25. The van der Waals surface area contributed by atoms with E-state index in [0.717, 1.165) is 11.1 Å². The van der Waals surface area contributed by atoms with E-state index in [2.05, 4.69) is 4.98 Å². The van der Waals surface area contributed by atoms with Crippen molar-refractivity contribution in [3.8, 4) is 5.75 Å². The number of amides is 1. The molecule has 3 aromatic rings. The number of aryl methyl sites for hydroxylation is 1. The third-order valence-electron chi connectivity index (χ3n) is 5.86. The van der Waals surface area contributed by atoms with Crippen LogP contribution in [-0.2, 0) is 16.1 Å². The highest BCUT2D eigenvalue weighted by molar-refractivity contribution is 6.46. The molecule has 1 atom stereocenters. The molecular weight excluding hydrogens is 447 g/mol. The van der Waals surface area contributed by atoms with Crippen molar-refractivity contribution in [1.82, 2.24) is 9.88 Å². The third kappa shape index (κ3) is 4.94. The summed E-state index contributed by atoms with van der Waals surface area (Å²) in [7, 11) is 0. The lowest BCUT2D eigenvalue weighted by molar-refractivity contribution is -0.140. The lowest BCUT2D eigenvalue weighted by atomic mass is 9.94. The molecule has 1 fully saturated rings. The summed E-state index contributed by atoms with van der Waals surface area (Å²) < 4.78 is 20.7. The molecule has 180 valence electrons. The van der Waals surface area contributed by atoms with E-state index in [0.29, 0.717) is 23.8 Å². The highest BCUT2D eigenvalue weighted by atomic mass is 19.1. The first-order valence-electron chi connectivity index (χ1n) is 11.4. The number of aliphatic hydroxyl groups excluding tert-OH is 1. The molecule has 0 saturated carbocycles. The average Bonchev–Trinajstić information content (AvgIpc) is 3.08. The number of halogens is 1. The fraction of sp³-hybridized carbons (Fsp3) is 0.250. The number of likely N-dealkylation sites (tertiary alicyclic amines) is 1. The minimum Gasteiger partial charge on any atom is -0.507 e. The molecule has 1 aliphatic heterocycles. The second-order valence-corrected chi connectivity index (χ2v) is 8.99. The van der Waals surface area contributed by atoms with Crippen molar-refractivity contribution >= 4 is 17.4 Å². The summed E-state index contributed by atoms with van der Waals surface area (Å²) in [5.74, 6) is -1.57. The first-order valence-corrected chi connectivity index (χ1v) is 11.4. The van der Waals surface area contributed by atoms with Crippen LogP contribution in [0.25, 0.3) is 5.76 Å². The summed E-state index contributed by atoms with van der Waals surface area (Å²) in [6.45, 7) is 6.53. The van der Waals surface area contributed by atoms with Crippen LogP contribution in [0.15, 0.2) is 72.6 Å². The zero-order valence-electron chi connectivity index (χ0n) is 19.9. The van der Waals surface area contributed by atoms with Crippen LogP contribution in [0.5, 0.6) is 5.75 Å². The molecule has 2 aromatic carbocycles. The fourth-order valence-corrected chi connectivity index (χ4v) is 4.12. The zero-order valence-corrected chi connectivity index (χ0v) is 19.9. The van der Waals surface area contributed by atoms with Gasteiger partial charge in [0, 0.05) is 30.1 Å². The topological polar surface area (TPSA) is 79.7 Å². The quantitative estimate of drug-likeness (QED) is 0.290. The van der Waals surface area contributed by atoms with Crippen LogP contribution in [0.2, 0.25) is 0 Å². The number of rotatable bonds is 7. The maximum absolute atomic E-state index is 14.9. The van der Waals surface area contributed by atoms with Gasteiger partial charge in [0.2, 0.25) is 0 Å². The van der Waals surface area contributed by atoms with Gasteiger partial charge in [-0.15, -0.1) is 0 Å². The molecule has 0 spiro atoms. The predicted molar refractivity (Wildman–Crippen MR) is 130 cm³/mol. The summed E-state index contributed by atoms with van der Waals surface area (Å²) in [4.78, 5) is 31.5. The summed E-state index contributed by atoms with van der Waals surface area (Å²) in [5.41, 5.74) is 1.83. The van der Waals surface area contributed by atoms with Crippen molar-refractivity contribution < 1.29 is 23.8 Å². The Hall–Kier alpha value is -4.00. The predicted octanol–water partition coefficient (Wildman–Crippen LogP) is 5.19. The Bertz CT molecular complexity index is 1290. The number of pyridine rings is 1. The monoisotopic (exact) mass is 474 g/mol. The molecule has 0 aliphatic carbocycles. The van der Waals surface area contributed by atoms with Crippen molar-refractivity contribution in [3.63, 3.8) is 0 Å². The second kappa shape index (κ2) is 10.1. The molecule has 1 saturated heterocycles. The van der Waals surface area contributed by atoms with Gasteiger partial charge in [0.05, 0.1) is 18.2 Å². The van der Waals surface area contributed by atoms with E-state index in [4.69, 9.17) is 4.74 Å². The third-order valence-corrected chi connectivity index (χ3v) is 5.86. The minimum atomic E-state index is -1.08. The first-order chi connectivity index (χ1) is 16.8. The van der Waals surface area contributed by atoms with Crippen LogP contribution >= 0.6 is 0 Å². The molecule has 4 rings (SSSR count). The fourth-order valence-electron chi connectivity index (χ4n) is 4.12. The second-order valence-electron chi connectivity index (χ2n) is 8.99. The number of carbonyl (C=O) groups excluding carboxylic acids is 2. The van der Waals surface area contributed by atoms with Crippen LogP contribution in [-0.4, -0.2) is 33.3 Å². The lowest BCUT2D eigenvalue weighted by Crippen LogP contribution is -2.29. The van der Waals surface area contributed by atoms with Crippen LogP contribution in [0.1, 0.15) is 42.1 Å². The normalized spacial score (nSPS) is 17.3. The van der Waals surface area contributed by atoms with Gasteiger partial charge < -0.3 is 14.7 Å². The van der Waals surface area contributed by atoms with Crippen LogP contribution < -0.4 is 4.74 Å². The molecule has 0 bridgehead atoms. The van der Waals surface area contributed by atoms with E-state index in [1.54, 1.807) is 48.8 Å². The number of ketones is 1. The molecule has 1 unspecified atom stereocenters. The van der Waals surface area contributed by atoms with Crippen molar-refractivity contribution in [2.75, 3.05) is 6.61 Å². The molecule has 1 amide bonds. The Morgan fingerprint density at radius 3 is 2.49 bits per heavy atom. The van der Waals surface area contributed by atoms with Crippen LogP contribution in [0, 0.1) is 18.7 Å². The molecular formula is C28H27FN2O4. The summed E-state index contributed by atoms with van der Waals surface area (Å²) >= 11 is 0. The van der Waals surface area contributed by atoms with Crippen molar-refractivity contribution in [2.24, 2.45) is 5.92 Å². The number of aliphatic hydroxyl groups is 1. The van der Waals surface area contributed by atoms with Crippen LogP contribution in [0.4, 0.5) is 4.39 Å². The Kier molecular flexibility index (Phi) is 6.96. The van der Waals surface area contributed by atoms with Crippen molar-refractivity contribution in [2.45, 2.75) is 33.4 Å². The Morgan fingerprint density at radius 1 is 1.11 bits per heavy atom. The van der Waals surface area contributed by atoms with Crippen LogP contribution in [0.3, 0.4) is 0 Å². The standard InChI is InChI=1S/C28H27FN2O4/c1-17(2)16-35-23-9-8-20(14-18(23)3)26(32)24-25(21-6-4-5-7-22(21)29)31(28(34)27(24)33)15-19-10-12-30-13-11-19/h4-14,17,25,32H,15-16H2,1-3H3/b26-24+. The van der Waals surface area contributed by atoms with Gasteiger partial charge in [-0.25, -0.2) is 4.39 Å². The molecule has 0 radical (unpaired) electrons. The van der Waals surface area contributed by atoms with E-state index in [-0.39, 0.29) is 23.4 Å². The molecule has 1 N–H and O–H groups in total. The summed E-state index contributed by atoms with van der Waals surface area (Å²) in [5, 5.41) is 11.3. The maximum Gasteiger partial charge on any atom is 0.295 e. The molecule has 1 aliphatic rings. The van der Waals surface area contributed by atoms with E-state index in [9.17, 15) is 19.1 Å². The highest BCUT2D eigenvalue weighted by Crippen LogP contribution is 2.41. The number of aromatic nitrogens is 1.